The summed E-state index contributed by atoms with van der Waals surface area (Å²) in [6.07, 6.45) is 3.43. The molecule has 8 heteroatoms. The van der Waals surface area contributed by atoms with Crippen LogP contribution in [0.15, 0.2) is 39.7 Å². The second-order valence-electron chi connectivity index (χ2n) is 4.40. The van der Waals surface area contributed by atoms with E-state index in [1.807, 2.05) is 11.4 Å². The summed E-state index contributed by atoms with van der Waals surface area (Å²) in [5, 5.41) is 5.68. The minimum atomic E-state index is -0.199. The molecule has 6 nitrogen and oxygen atoms in total. The Morgan fingerprint density at radius 2 is 2.17 bits per heavy atom. The van der Waals surface area contributed by atoms with Crippen LogP contribution >= 0.6 is 23.1 Å². The van der Waals surface area contributed by atoms with E-state index in [2.05, 4.69) is 15.3 Å². The van der Waals surface area contributed by atoms with Gasteiger partial charge in [-0.25, -0.2) is 4.98 Å². The first kappa shape index (κ1) is 15.6. The van der Waals surface area contributed by atoms with Gasteiger partial charge in [0.05, 0.1) is 19.1 Å². The van der Waals surface area contributed by atoms with Gasteiger partial charge in [-0.05, 0) is 36.0 Å². The monoisotopic (exact) mass is 347 g/mol. The van der Waals surface area contributed by atoms with E-state index < -0.39 is 0 Å². The average Bonchev–Trinajstić information content (AvgIpc) is 3.18. The number of hydrogen-bond donors (Lipinski definition) is 1. The van der Waals surface area contributed by atoms with Gasteiger partial charge in [0.2, 0.25) is 5.13 Å². The van der Waals surface area contributed by atoms with Crippen LogP contribution in [0, 0.1) is 0 Å². The Morgan fingerprint density at radius 1 is 1.30 bits per heavy atom. The first-order chi connectivity index (χ1) is 11.2. The van der Waals surface area contributed by atoms with Crippen molar-refractivity contribution < 1.29 is 14.3 Å². The predicted molar refractivity (Wildman–Crippen MR) is 92.5 cm³/mol. The molecule has 1 aromatic carbocycles. The van der Waals surface area contributed by atoms with Crippen molar-refractivity contribution in [2.75, 3.05) is 14.2 Å². The fourth-order valence-electron chi connectivity index (χ4n) is 1.93. The third kappa shape index (κ3) is 3.54. The molecule has 1 fully saturated rings. The molecule has 0 aliphatic carbocycles. The summed E-state index contributed by atoms with van der Waals surface area (Å²) in [5.74, 6) is 1.16. The van der Waals surface area contributed by atoms with Crippen LogP contribution in [0.3, 0.4) is 0 Å². The van der Waals surface area contributed by atoms with Crippen molar-refractivity contribution in [3.05, 3.63) is 40.2 Å². The zero-order chi connectivity index (χ0) is 16.2. The van der Waals surface area contributed by atoms with E-state index in [4.69, 9.17) is 9.47 Å². The van der Waals surface area contributed by atoms with Gasteiger partial charge in [0, 0.05) is 17.1 Å². The molecule has 0 bridgehead atoms. The predicted octanol–water partition coefficient (Wildman–Crippen LogP) is 3.05. The van der Waals surface area contributed by atoms with Gasteiger partial charge in [-0.3, -0.25) is 4.79 Å². The fourth-order valence-corrected chi connectivity index (χ4v) is 3.31. The summed E-state index contributed by atoms with van der Waals surface area (Å²) in [6.45, 7) is 0. The van der Waals surface area contributed by atoms with E-state index in [0.717, 1.165) is 5.56 Å². The van der Waals surface area contributed by atoms with E-state index >= 15 is 0 Å². The van der Waals surface area contributed by atoms with Crippen LogP contribution in [0.5, 0.6) is 11.5 Å². The highest BCUT2D eigenvalue weighted by atomic mass is 32.2. The number of nitrogens with zero attached hydrogens (tertiary/aromatic N) is 2. The lowest BCUT2D eigenvalue weighted by Crippen LogP contribution is -2.19. The smallest absolute Gasteiger partial charge is 0.264 e. The molecule has 0 saturated carbocycles. The largest absolute Gasteiger partial charge is 0.497 e. The van der Waals surface area contributed by atoms with Crippen LogP contribution in [0.25, 0.3) is 6.08 Å². The van der Waals surface area contributed by atoms with E-state index in [9.17, 15) is 4.79 Å². The van der Waals surface area contributed by atoms with Crippen LogP contribution < -0.4 is 14.8 Å². The number of carbonyl (C=O) groups is 1. The molecular weight excluding hydrogens is 334 g/mol. The minimum Gasteiger partial charge on any atom is -0.497 e. The summed E-state index contributed by atoms with van der Waals surface area (Å²) >= 11 is 2.67. The number of methoxy groups -OCH3 is 2. The van der Waals surface area contributed by atoms with Gasteiger partial charge < -0.3 is 14.8 Å². The molecule has 1 amide bonds. The Hall–Kier alpha value is -2.32. The summed E-state index contributed by atoms with van der Waals surface area (Å²) < 4.78 is 10.5. The Kier molecular flexibility index (Phi) is 4.63. The number of amides is 1. The number of thioether (sulfide) groups is 1. The first-order valence-corrected chi connectivity index (χ1v) is 8.30. The second-order valence-corrected chi connectivity index (χ2v) is 6.31. The highest BCUT2D eigenvalue weighted by Crippen LogP contribution is 2.32. The van der Waals surface area contributed by atoms with E-state index in [0.29, 0.717) is 26.7 Å². The SMILES string of the molecule is COc1ccc(OC)c(/C=C2\SC(=Nc3nccs3)NC2=O)c1. The first-order valence-electron chi connectivity index (χ1n) is 6.60. The normalized spacial score (nSPS) is 17.6. The fraction of sp³-hybridized carbons (Fsp3) is 0.133. The molecule has 1 aliphatic rings. The standard InChI is InChI=1S/C15H13N3O3S2/c1-20-10-3-4-11(21-2)9(7-10)8-12-13(19)17-15(23-12)18-14-16-5-6-22-14/h3-8H,1-2H3,(H,16,17,18,19)/b12-8-. The van der Waals surface area contributed by atoms with Gasteiger partial charge in [0.15, 0.2) is 5.17 Å². The van der Waals surface area contributed by atoms with Crippen molar-refractivity contribution in [1.82, 2.24) is 10.3 Å². The highest BCUT2D eigenvalue weighted by Gasteiger charge is 2.24. The van der Waals surface area contributed by atoms with Gasteiger partial charge in [-0.1, -0.05) is 0 Å². The topological polar surface area (TPSA) is 72.8 Å². The lowest BCUT2D eigenvalue weighted by molar-refractivity contribution is -0.115. The van der Waals surface area contributed by atoms with Crippen LogP contribution in [0.1, 0.15) is 5.56 Å². The Labute approximate surface area is 141 Å². The quantitative estimate of drug-likeness (QED) is 0.861. The van der Waals surface area contributed by atoms with Gasteiger partial charge in [-0.2, -0.15) is 4.99 Å². The summed E-state index contributed by atoms with van der Waals surface area (Å²) in [7, 11) is 3.18. The molecule has 1 N–H and O–H groups in total. The number of carbonyl (C=O) groups excluding carboxylic acids is 1. The van der Waals surface area contributed by atoms with Crippen molar-refractivity contribution in [2.24, 2.45) is 4.99 Å². The number of hydrogen-bond acceptors (Lipinski definition) is 7. The second kappa shape index (κ2) is 6.84. The minimum absolute atomic E-state index is 0.199. The molecule has 0 radical (unpaired) electrons. The van der Waals surface area contributed by atoms with Crippen LogP contribution in [-0.4, -0.2) is 30.3 Å². The van der Waals surface area contributed by atoms with Crippen LogP contribution in [0.4, 0.5) is 5.13 Å². The molecule has 0 atom stereocenters. The number of aliphatic imine (C=N–C) groups is 1. The maximum Gasteiger partial charge on any atom is 0.264 e. The van der Waals surface area contributed by atoms with Crippen molar-refractivity contribution in [2.45, 2.75) is 0 Å². The van der Waals surface area contributed by atoms with Crippen molar-refractivity contribution in [3.63, 3.8) is 0 Å². The molecule has 1 aromatic heterocycles. The zero-order valence-corrected chi connectivity index (χ0v) is 14.0. The number of thiazole rings is 1. The maximum atomic E-state index is 12.1. The maximum absolute atomic E-state index is 12.1. The third-order valence-corrected chi connectivity index (χ3v) is 4.57. The molecule has 23 heavy (non-hydrogen) atoms. The highest BCUT2D eigenvalue weighted by molar-refractivity contribution is 8.18. The number of benzene rings is 1. The molecule has 2 aromatic rings. The number of nitrogens with one attached hydrogen (secondary N) is 1. The lowest BCUT2D eigenvalue weighted by atomic mass is 10.1. The van der Waals surface area contributed by atoms with Crippen molar-refractivity contribution in [1.29, 1.82) is 0 Å². The molecule has 1 aliphatic heterocycles. The Morgan fingerprint density at radius 3 is 2.87 bits per heavy atom. The number of amidine groups is 1. The molecule has 1 saturated heterocycles. The number of rotatable bonds is 4. The third-order valence-electron chi connectivity index (χ3n) is 2.99. The molecule has 118 valence electrons. The molecule has 3 rings (SSSR count). The van der Waals surface area contributed by atoms with Gasteiger partial charge in [-0.15, -0.1) is 11.3 Å². The Balaban J connectivity index is 1.90. The molecule has 0 unspecified atom stereocenters. The molecule has 0 spiro atoms. The van der Waals surface area contributed by atoms with Crippen LogP contribution in [0.2, 0.25) is 0 Å². The molecule has 2 heterocycles. The summed E-state index contributed by atoms with van der Waals surface area (Å²) in [4.78, 5) is 21.0. The average molecular weight is 347 g/mol. The molecular formula is C15H13N3O3S2. The van der Waals surface area contributed by atoms with E-state index in [1.165, 1.54) is 23.1 Å². The summed E-state index contributed by atoms with van der Waals surface area (Å²) in [5.41, 5.74) is 0.764. The number of ether oxygens (including phenoxy) is 2. The van der Waals surface area contributed by atoms with Gasteiger partial charge in [0.25, 0.3) is 5.91 Å². The van der Waals surface area contributed by atoms with Gasteiger partial charge in [0.1, 0.15) is 11.5 Å². The van der Waals surface area contributed by atoms with Crippen molar-refractivity contribution >= 4 is 45.4 Å². The van der Waals surface area contributed by atoms with Gasteiger partial charge >= 0.3 is 0 Å². The zero-order valence-electron chi connectivity index (χ0n) is 12.4. The number of aromatic nitrogens is 1. The van der Waals surface area contributed by atoms with E-state index in [-0.39, 0.29) is 5.91 Å². The van der Waals surface area contributed by atoms with Crippen LogP contribution in [-0.2, 0) is 4.79 Å². The Bertz CT molecular complexity index is 785. The van der Waals surface area contributed by atoms with Crippen molar-refractivity contribution in [3.8, 4) is 11.5 Å². The van der Waals surface area contributed by atoms with E-state index in [1.54, 1.807) is 38.6 Å². The lowest BCUT2D eigenvalue weighted by Gasteiger charge is -2.07. The summed E-state index contributed by atoms with van der Waals surface area (Å²) in [6, 6.07) is 5.42.